The summed E-state index contributed by atoms with van der Waals surface area (Å²) in [5.74, 6) is 0.0896. The maximum absolute atomic E-state index is 14.1. The third-order valence-corrected chi connectivity index (χ3v) is 7.91. The number of aliphatic hydroxyl groups excluding tert-OH is 1. The maximum atomic E-state index is 14.1. The molecule has 0 bridgehead atoms. The van der Waals surface area contributed by atoms with Gasteiger partial charge in [0.1, 0.15) is 6.04 Å². The van der Waals surface area contributed by atoms with Crippen LogP contribution in [0.25, 0.3) is 0 Å². The van der Waals surface area contributed by atoms with Crippen molar-refractivity contribution >= 4 is 5.91 Å². The molecular formula is C33H33N3O2. The van der Waals surface area contributed by atoms with E-state index in [1.54, 1.807) is 0 Å². The molecule has 0 aromatic heterocycles. The molecule has 0 saturated carbocycles. The monoisotopic (exact) mass is 503 g/mol. The lowest BCUT2D eigenvalue weighted by molar-refractivity contribution is -0.133. The fourth-order valence-corrected chi connectivity index (χ4v) is 6.10. The van der Waals surface area contributed by atoms with Gasteiger partial charge >= 0.3 is 0 Å². The first-order chi connectivity index (χ1) is 18.7. The third kappa shape index (κ3) is 4.43. The van der Waals surface area contributed by atoms with Crippen molar-refractivity contribution in [1.82, 2.24) is 14.7 Å². The van der Waals surface area contributed by atoms with Gasteiger partial charge in [-0.2, -0.15) is 0 Å². The molecule has 2 heterocycles. The highest BCUT2D eigenvalue weighted by molar-refractivity contribution is 5.86. The van der Waals surface area contributed by atoms with Crippen molar-refractivity contribution in [2.45, 2.75) is 24.2 Å². The van der Waals surface area contributed by atoms with Crippen LogP contribution in [0.1, 0.15) is 22.3 Å². The Morgan fingerprint density at radius 3 is 1.66 bits per heavy atom. The van der Waals surface area contributed by atoms with Crippen molar-refractivity contribution < 1.29 is 9.90 Å². The predicted octanol–water partition coefficient (Wildman–Crippen LogP) is 4.33. The summed E-state index contributed by atoms with van der Waals surface area (Å²) in [6, 6.07) is 41.3. The lowest BCUT2D eigenvalue weighted by Gasteiger charge is -2.38. The highest BCUT2D eigenvalue weighted by Crippen LogP contribution is 2.48. The second kappa shape index (κ2) is 10.5. The van der Waals surface area contributed by atoms with Crippen LogP contribution in [0.15, 0.2) is 121 Å². The Morgan fingerprint density at radius 2 is 1.18 bits per heavy atom. The Kier molecular flexibility index (Phi) is 6.81. The number of nitrogens with zero attached hydrogens (tertiary/aromatic N) is 3. The molecule has 0 aliphatic carbocycles. The van der Waals surface area contributed by atoms with Crippen molar-refractivity contribution in [2.75, 3.05) is 26.4 Å². The molecule has 2 aliphatic heterocycles. The summed E-state index contributed by atoms with van der Waals surface area (Å²) in [6.45, 7) is 2.58. The zero-order valence-corrected chi connectivity index (χ0v) is 21.4. The van der Waals surface area contributed by atoms with Crippen LogP contribution in [0, 0.1) is 0 Å². The van der Waals surface area contributed by atoms with E-state index < -0.39 is 5.54 Å². The molecule has 4 aromatic carbocycles. The number of amides is 1. The molecule has 4 aromatic rings. The molecule has 2 aliphatic rings. The molecule has 5 heteroatoms. The number of rotatable bonds is 8. The molecule has 0 radical (unpaired) electrons. The summed E-state index contributed by atoms with van der Waals surface area (Å²) in [5.41, 5.74) is 4.03. The van der Waals surface area contributed by atoms with Gasteiger partial charge in [-0.25, -0.2) is 0 Å². The number of hydrogen-bond acceptors (Lipinski definition) is 4. The van der Waals surface area contributed by atoms with Crippen molar-refractivity contribution in [1.29, 1.82) is 0 Å². The summed E-state index contributed by atoms with van der Waals surface area (Å²) < 4.78 is 0. The highest BCUT2D eigenvalue weighted by atomic mass is 16.3. The van der Waals surface area contributed by atoms with Gasteiger partial charge in [0.05, 0.1) is 24.9 Å². The van der Waals surface area contributed by atoms with E-state index in [0.717, 1.165) is 23.2 Å². The molecule has 2 fully saturated rings. The Hall–Kier alpha value is -3.77. The van der Waals surface area contributed by atoms with E-state index in [4.69, 9.17) is 0 Å². The molecular weight excluding hydrogens is 470 g/mol. The van der Waals surface area contributed by atoms with Crippen LogP contribution in [0.3, 0.4) is 0 Å². The van der Waals surface area contributed by atoms with E-state index in [9.17, 15) is 9.90 Å². The molecule has 192 valence electrons. The van der Waals surface area contributed by atoms with Crippen molar-refractivity contribution in [3.8, 4) is 0 Å². The van der Waals surface area contributed by atoms with Gasteiger partial charge in [0, 0.05) is 19.6 Å². The van der Waals surface area contributed by atoms with Crippen LogP contribution in [-0.2, 0) is 16.9 Å². The molecule has 38 heavy (non-hydrogen) atoms. The van der Waals surface area contributed by atoms with Crippen molar-refractivity contribution in [3.63, 3.8) is 0 Å². The van der Waals surface area contributed by atoms with Crippen LogP contribution in [-0.4, -0.2) is 64.2 Å². The molecule has 1 N–H and O–H groups in total. The van der Waals surface area contributed by atoms with Gasteiger partial charge in [0.25, 0.3) is 0 Å². The molecule has 6 rings (SSSR count). The average Bonchev–Trinajstić information content (AvgIpc) is 3.68. The lowest BCUT2D eigenvalue weighted by Crippen LogP contribution is -2.45. The second-order valence-corrected chi connectivity index (χ2v) is 10.3. The Labute approximate surface area is 224 Å². The number of hydrogen-bond donors (Lipinski definition) is 1. The number of carbonyl (C=O) groups is 1. The van der Waals surface area contributed by atoms with Gasteiger partial charge in [0.15, 0.2) is 0 Å². The first kappa shape index (κ1) is 24.6. The molecule has 3 atom stereocenters. The summed E-state index contributed by atoms with van der Waals surface area (Å²) in [7, 11) is 0. The van der Waals surface area contributed by atoms with Crippen molar-refractivity contribution in [3.05, 3.63) is 144 Å². The van der Waals surface area contributed by atoms with Gasteiger partial charge in [-0.05, 0) is 22.3 Å². The van der Waals surface area contributed by atoms with Gasteiger partial charge in [-0.3, -0.25) is 14.6 Å². The van der Waals surface area contributed by atoms with E-state index in [1.807, 2.05) is 41.3 Å². The second-order valence-electron chi connectivity index (χ2n) is 10.3. The van der Waals surface area contributed by atoms with E-state index >= 15 is 0 Å². The first-order valence-electron chi connectivity index (χ1n) is 13.3. The largest absolute Gasteiger partial charge is 0.394 e. The molecule has 0 spiro atoms. The smallest absolute Gasteiger partial charge is 0.242 e. The molecule has 1 amide bonds. The van der Waals surface area contributed by atoms with Gasteiger partial charge in [0.2, 0.25) is 5.91 Å². The van der Waals surface area contributed by atoms with Crippen LogP contribution in [0.2, 0.25) is 0 Å². The Balaban J connectivity index is 1.34. The minimum absolute atomic E-state index is 0.0368. The molecule has 2 unspecified atom stereocenters. The predicted molar refractivity (Wildman–Crippen MR) is 149 cm³/mol. The van der Waals surface area contributed by atoms with Gasteiger partial charge in [-0.15, -0.1) is 0 Å². The summed E-state index contributed by atoms with van der Waals surface area (Å²) in [5, 5.41) is 10.2. The summed E-state index contributed by atoms with van der Waals surface area (Å²) >= 11 is 0. The van der Waals surface area contributed by atoms with E-state index in [1.165, 1.54) is 5.56 Å². The maximum Gasteiger partial charge on any atom is 0.242 e. The van der Waals surface area contributed by atoms with E-state index in [-0.39, 0.29) is 24.6 Å². The number of aliphatic hydroxyl groups is 1. The van der Waals surface area contributed by atoms with Crippen LogP contribution in [0.4, 0.5) is 0 Å². The van der Waals surface area contributed by atoms with E-state index in [2.05, 4.69) is 94.7 Å². The molecule has 5 nitrogen and oxygen atoms in total. The summed E-state index contributed by atoms with van der Waals surface area (Å²) in [4.78, 5) is 20.5. The first-order valence-corrected chi connectivity index (χ1v) is 13.3. The number of benzene rings is 4. The average molecular weight is 504 g/mol. The zero-order valence-electron chi connectivity index (χ0n) is 21.4. The normalized spacial score (nSPS) is 21.4. The fourth-order valence-electron chi connectivity index (χ4n) is 6.10. The number of carbonyl (C=O) groups excluding carboxylic acids is 1. The fraction of sp³-hybridized carbons (Fsp3) is 0.242. The highest BCUT2D eigenvalue weighted by Gasteiger charge is 2.57. The minimum Gasteiger partial charge on any atom is -0.394 e. The molecule has 2 saturated heterocycles. The van der Waals surface area contributed by atoms with Crippen LogP contribution < -0.4 is 0 Å². The SMILES string of the molecule is O=C(C1C[N@@]1C(c1ccccc1)(c1ccccc1)c1ccccc1)N1CN(Cc2ccccc2)CC1CO. The van der Waals surface area contributed by atoms with Crippen molar-refractivity contribution in [2.24, 2.45) is 0 Å². The quantitative estimate of drug-likeness (QED) is 0.287. The van der Waals surface area contributed by atoms with Crippen LogP contribution in [0.5, 0.6) is 0 Å². The topological polar surface area (TPSA) is 46.8 Å². The zero-order chi connectivity index (χ0) is 26.0. The van der Waals surface area contributed by atoms with Gasteiger partial charge in [-0.1, -0.05) is 121 Å². The Morgan fingerprint density at radius 1 is 0.711 bits per heavy atom. The Bertz CT molecular complexity index is 1250. The minimum atomic E-state index is -0.595. The third-order valence-electron chi connectivity index (χ3n) is 7.91. The summed E-state index contributed by atoms with van der Waals surface area (Å²) in [6.07, 6.45) is 0. The van der Waals surface area contributed by atoms with Crippen LogP contribution >= 0.6 is 0 Å². The standard InChI is InChI=1S/C33H33N3O2/c37-24-30-22-34(21-26-13-5-1-6-14-26)25-35(30)32(38)31-23-36(31)33(27-15-7-2-8-16-27,28-17-9-3-10-18-28)29-19-11-4-12-20-29/h1-20,30-31,37H,21-25H2/t30?,31?,36-/m1/s1. The van der Waals surface area contributed by atoms with E-state index in [0.29, 0.717) is 19.8 Å². The van der Waals surface area contributed by atoms with Gasteiger partial charge < -0.3 is 10.0 Å². The lowest BCUT2D eigenvalue weighted by atomic mass is 9.76.